The topological polar surface area (TPSA) is 63.4 Å². The maximum atomic E-state index is 13.6. The van der Waals surface area contributed by atoms with Crippen molar-refractivity contribution in [2.75, 3.05) is 12.8 Å². The van der Waals surface area contributed by atoms with Crippen molar-refractivity contribution in [3.63, 3.8) is 0 Å². The van der Waals surface area contributed by atoms with Crippen LogP contribution >= 0.6 is 0 Å². The summed E-state index contributed by atoms with van der Waals surface area (Å²) in [5.41, 5.74) is 5.09. The van der Waals surface area contributed by atoms with Gasteiger partial charge in [0.25, 0.3) is 0 Å². The smallest absolute Gasteiger partial charge is 0.248 e. The molecule has 1 unspecified atom stereocenters. The average Bonchev–Trinajstić information content (AvgIpc) is 2.24. The maximum absolute atomic E-state index is 13.6. The molecule has 0 bridgehead atoms. The predicted octanol–water partition coefficient (Wildman–Crippen LogP) is 1.97. The summed E-state index contributed by atoms with van der Waals surface area (Å²) in [6.45, 7) is 3.44. The van der Waals surface area contributed by atoms with E-state index in [2.05, 4.69) is 0 Å². The quantitative estimate of drug-likeness (QED) is 0.856. The van der Waals surface area contributed by atoms with Gasteiger partial charge in [0.2, 0.25) is 10.0 Å². The zero-order chi connectivity index (χ0) is 14.1. The van der Waals surface area contributed by atoms with E-state index in [1.54, 1.807) is 13.8 Å². The lowest BCUT2D eigenvalue weighted by Gasteiger charge is -2.23. The molecule has 0 radical (unpaired) electrons. The molecule has 18 heavy (non-hydrogen) atoms. The molecule has 0 heterocycles. The van der Waals surface area contributed by atoms with Crippen LogP contribution in [0, 0.1) is 11.6 Å². The van der Waals surface area contributed by atoms with Crippen molar-refractivity contribution < 1.29 is 17.2 Å². The van der Waals surface area contributed by atoms with E-state index in [-0.39, 0.29) is 11.7 Å². The van der Waals surface area contributed by atoms with Crippen LogP contribution in [0.1, 0.15) is 20.3 Å². The molecule has 0 aliphatic heterocycles. The van der Waals surface area contributed by atoms with Crippen LogP contribution in [0.15, 0.2) is 17.0 Å². The fourth-order valence-corrected chi connectivity index (χ4v) is 2.99. The van der Waals surface area contributed by atoms with Gasteiger partial charge in [-0.1, -0.05) is 6.92 Å². The highest BCUT2D eigenvalue weighted by molar-refractivity contribution is 7.89. The molecule has 0 saturated carbocycles. The molecule has 0 saturated heterocycles. The maximum Gasteiger partial charge on any atom is 0.248 e. The summed E-state index contributed by atoms with van der Waals surface area (Å²) in [6.07, 6.45) is 0.536. The Hall–Kier alpha value is -1.21. The third-order valence-corrected chi connectivity index (χ3v) is 4.89. The van der Waals surface area contributed by atoms with E-state index in [9.17, 15) is 17.2 Å². The normalized spacial score (nSPS) is 13.9. The average molecular weight is 278 g/mol. The fraction of sp³-hybridized carbons (Fsp3) is 0.455. The Bertz CT molecular complexity index is 523. The van der Waals surface area contributed by atoms with Gasteiger partial charge in [0.15, 0.2) is 4.90 Å². The van der Waals surface area contributed by atoms with Gasteiger partial charge in [-0.3, -0.25) is 0 Å². The van der Waals surface area contributed by atoms with Gasteiger partial charge in [0.05, 0.1) is 0 Å². The number of rotatable bonds is 4. The van der Waals surface area contributed by atoms with Crippen molar-refractivity contribution in [2.45, 2.75) is 31.2 Å². The van der Waals surface area contributed by atoms with Crippen LogP contribution in [-0.4, -0.2) is 25.8 Å². The Morgan fingerprint density at radius 1 is 1.33 bits per heavy atom. The number of hydrogen-bond acceptors (Lipinski definition) is 3. The number of nitrogen functional groups attached to an aromatic ring is 1. The van der Waals surface area contributed by atoms with Crippen molar-refractivity contribution in [3.8, 4) is 0 Å². The first-order valence-electron chi connectivity index (χ1n) is 5.44. The minimum atomic E-state index is -4.20. The predicted molar refractivity (Wildman–Crippen MR) is 65.5 cm³/mol. The Morgan fingerprint density at radius 2 is 1.78 bits per heavy atom. The van der Waals surface area contributed by atoms with E-state index < -0.39 is 26.6 Å². The summed E-state index contributed by atoms with van der Waals surface area (Å²) in [5, 5.41) is 0. The zero-order valence-corrected chi connectivity index (χ0v) is 11.3. The number of benzene rings is 1. The Morgan fingerprint density at radius 3 is 2.17 bits per heavy atom. The molecule has 0 aliphatic carbocycles. The van der Waals surface area contributed by atoms with Crippen molar-refractivity contribution in [1.82, 2.24) is 4.31 Å². The lowest BCUT2D eigenvalue weighted by molar-refractivity contribution is 0.374. The van der Waals surface area contributed by atoms with E-state index >= 15 is 0 Å². The van der Waals surface area contributed by atoms with Crippen LogP contribution in [0.25, 0.3) is 0 Å². The van der Waals surface area contributed by atoms with Crippen LogP contribution in [0.3, 0.4) is 0 Å². The molecule has 1 rings (SSSR count). The molecule has 102 valence electrons. The van der Waals surface area contributed by atoms with E-state index in [4.69, 9.17) is 5.73 Å². The Labute approximate surface area is 105 Å². The molecule has 4 nitrogen and oxygen atoms in total. The molecule has 0 spiro atoms. The summed E-state index contributed by atoms with van der Waals surface area (Å²) >= 11 is 0. The summed E-state index contributed by atoms with van der Waals surface area (Å²) in [6, 6.07) is 1.23. The highest BCUT2D eigenvalue weighted by Crippen LogP contribution is 2.25. The van der Waals surface area contributed by atoms with Gasteiger partial charge < -0.3 is 5.73 Å². The number of hydrogen-bond donors (Lipinski definition) is 1. The van der Waals surface area contributed by atoms with Crippen molar-refractivity contribution in [3.05, 3.63) is 23.8 Å². The van der Waals surface area contributed by atoms with Gasteiger partial charge >= 0.3 is 0 Å². The summed E-state index contributed by atoms with van der Waals surface area (Å²) < 4.78 is 52.3. The standard InChI is InChI=1S/C11H16F2N2O2S/c1-4-7(2)15(3)18(16,17)11-9(12)5-8(14)6-10(11)13/h5-7H,4,14H2,1-3H3. The highest BCUT2D eigenvalue weighted by Gasteiger charge is 2.30. The monoisotopic (exact) mass is 278 g/mol. The molecule has 1 aromatic carbocycles. The lowest BCUT2D eigenvalue weighted by atomic mass is 10.3. The minimum absolute atomic E-state index is 0.157. The molecule has 0 fully saturated rings. The van der Waals surface area contributed by atoms with Crippen molar-refractivity contribution in [2.24, 2.45) is 0 Å². The van der Waals surface area contributed by atoms with Gasteiger partial charge in [-0.05, 0) is 25.5 Å². The third kappa shape index (κ3) is 2.62. The number of halogens is 2. The number of anilines is 1. The van der Waals surface area contributed by atoms with Crippen LogP contribution in [-0.2, 0) is 10.0 Å². The van der Waals surface area contributed by atoms with Gasteiger partial charge in [0, 0.05) is 18.8 Å². The van der Waals surface area contributed by atoms with Crippen molar-refractivity contribution >= 4 is 15.7 Å². The first-order valence-corrected chi connectivity index (χ1v) is 6.88. The van der Waals surface area contributed by atoms with Crippen LogP contribution in [0.4, 0.5) is 14.5 Å². The van der Waals surface area contributed by atoms with E-state index in [1.807, 2.05) is 0 Å². The van der Waals surface area contributed by atoms with Crippen molar-refractivity contribution in [1.29, 1.82) is 0 Å². The number of nitrogens with two attached hydrogens (primary N) is 1. The first-order chi connectivity index (χ1) is 8.21. The second-order valence-electron chi connectivity index (χ2n) is 4.09. The lowest BCUT2D eigenvalue weighted by Crippen LogP contribution is -2.35. The van der Waals surface area contributed by atoms with Gasteiger partial charge in [-0.25, -0.2) is 17.2 Å². The second kappa shape index (κ2) is 5.19. The van der Waals surface area contributed by atoms with Crippen LogP contribution in [0.5, 0.6) is 0 Å². The molecule has 2 N–H and O–H groups in total. The first kappa shape index (κ1) is 14.8. The zero-order valence-electron chi connectivity index (χ0n) is 10.4. The molecule has 0 amide bonds. The van der Waals surface area contributed by atoms with Gasteiger partial charge in [0.1, 0.15) is 11.6 Å². The molecule has 0 aliphatic rings. The second-order valence-corrected chi connectivity index (χ2v) is 6.03. The van der Waals surface area contributed by atoms with Crippen LogP contribution < -0.4 is 5.73 Å². The Balaban J connectivity index is 3.38. The molecule has 0 aromatic heterocycles. The summed E-state index contributed by atoms with van der Waals surface area (Å²) in [5.74, 6) is -2.36. The summed E-state index contributed by atoms with van der Waals surface area (Å²) in [7, 11) is -2.91. The van der Waals surface area contributed by atoms with Gasteiger partial charge in [-0.2, -0.15) is 4.31 Å². The Kier molecular flexibility index (Phi) is 4.28. The largest absolute Gasteiger partial charge is 0.399 e. The third-order valence-electron chi connectivity index (χ3n) is 2.87. The highest BCUT2D eigenvalue weighted by atomic mass is 32.2. The number of sulfonamides is 1. The molecule has 7 heteroatoms. The summed E-state index contributed by atoms with van der Waals surface area (Å²) in [4.78, 5) is -0.959. The molecular weight excluding hydrogens is 262 g/mol. The van der Waals surface area contributed by atoms with E-state index in [0.29, 0.717) is 6.42 Å². The molecule has 1 aromatic rings. The van der Waals surface area contributed by atoms with Crippen LogP contribution in [0.2, 0.25) is 0 Å². The van der Waals surface area contributed by atoms with E-state index in [0.717, 1.165) is 16.4 Å². The minimum Gasteiger partial charge on any atom is -0.399 e. The molecular formula is C11H16F2N2O2S. The van der Waals surface area contributed by atoms with E-state index in [1.165, 1.54) is 7.05 Å². The number of nitrogens with zero attached hydrogens (tertiary/aromatic N) is 1. The van der Waals surface area contributed by atoms with Gasteiger partial charge in [-0.15, -0.1) is 0 Å². The fourth-order valence-electron chi connectivity index (χ4n) is 1.46. The molecule has 1 atom stereocenters. The SMILES string of the molecule is CCC(C)N(C)S(=O)(=O)c1c(F)cc(N)cc1F.